The van der Waals surface area contributed by atoms with Gasteiger partial charge in [-0.05, 0) is 30.3 Å². The Morgan fingerprint density at radius 1 is 1.03 bits per heavy atom. The number of aromatic nitrogens is 2. The van der Waals surface area contributed by atoms with Crippen molar-refractivity contribution >= 4 is 24.0 Å². The summed E-state index contributed by atoms with van der Waals surface area (Å²) >= 11 is 0. The van der Waals surface area contributed by atoms with Crippen molar-refractivity contribution in [2.45, 2.75) is 6.36 Å². The van der Waals surface area contributed by atoms with Crippen LogP contribution in [0.2, 0.25) is 0 Å². The highest BCUT2D eigenvalue weighted by atomic mass is 19.4. The van der Waals surface area contributed by atoms with Crippen molar-refractivity contribution in [3.8, 4) is 17.4 Å². The number of hydrogen-bond acceptors (Lipinski definition) is 7. The van der Waals surface area contributed by atoms with Crippen LogP contribution in [-0.2, 0) is 4.79 Å². The van der Waals surface area contributed by atoms with Gasteiger partial charge in [0.15, 0.2) is 5.82 Å². The molecule has 29 heavy (non-hydrogen) atoms. The molecule has 0 aliphatic rings. The fraction of sp³-hybridized carbons (Fsp3) is 0.105. The molecule has 3 aromatic rings. The molecular formula is C19H17F3N4O3. The smallest absolute Gasteiger partial charge is 0.439 e. The number of ether oxygens (including phenoxy) is 2. The van der Waals surface area contributed by atoms with Crippen LogP contribution < -0.4 is 20.1 Å². The molecule has 2 aromatic heterocycles. The van der Waals surface area contributed by atoms with Crippen molar-refractivity contribution in [2.24, 2.45) is 0 Å². The molecule has 0 unspecified atom stereocenters. The largest absolute Gasteiger partial charge is 0.573 e. The van der Waals surface area contributed by atoms with E-state index in [9.17, 15) is 13.2 Å². The number of halogens is 3. The van der Waals surface area contributed by atoms with Crippen LogP contribution in [0.5, 0.6) is 17.4 Å². The summed E-state index contributed by atoms with van der Waals surface area (Å²) in [4.78, 5) is 18.1. The van der Waals surface area contributed by atoms with Crippen molar-refractivity contribution in [2.75, 3.05) is 17.7 Å². The lowest BCUT2D eigenvalue weighted by Crippen LogP contribution is -2.17. The minimum absolute atomic E-state index is 0.166. The Morgan fingerprint density at radius 3 is 2.38 bits per heavy atom. The third-order valence-electron chi connectivity index (χ3n) is 3.50. The van der Waals surface area contributed by atoms with Crippen molar-refractivity contribution in [1.82, 2.24) is 9.97 Å². The van der Waals surface area contributed by atoms with Gasteiger partial charge in [-0.2, -0.15) is 0 Å². The van der Waals surface area contributed by atoms with Crippen LogP contribution >= 0.6 is 0 Å². The second-order valence-corrected chi connectivity index (χ2v) is 5.45. The Morgan fingerprint density at radius 2 is 1.76 bits per heavy atom. The van der Waals surface area contributed by atoms with Crippen molar-refractivity contribution < 1.29 is 27.4 Å². The fourth-order valence-corrected chi connectivity index (χ4v) is 2.30. The molecular weight excluding hydrogens is 389 g/mol. The molecule has 0 atom stereocenters. The van der Waals surface area contributed by atoms with Gasteiger partial charge in [0.05, 0.1) is 17.6 Å². The van der Waals surface area contributed by atoms with Crippen molar-refractivity contribution in [1.29, 1.82) is 0 Å². The number of carbonyl (C=O) groups is 1. The summed E-state index contributed by atoms with van der Waals surface area (Å²) in [6, 6.07) is 12.0. The maximum atomic E-state index is 12.3. The average molecular weight is 406 g/mol. The van der Waals surface area contributed by atoms with E-state index in [4.69, 9.17) is 15.3 Å². The quantitative estimate of drug-likeness (QED) is 0.674. The number of rotatable bonds is 5. The number of nitrogen functional groups attached to an aromatic ring is 1. The summed E-state index contributed by atoms with van der Waals surface area (Å²) in [5.74, 6) is 0.580. The molecule has 0 bridgehead atoms. The summed E-state index contributed by atoms with van der Waals surface area (Å²) < 4.78 is 46.2. The van der Waals surface area contributed by atoms with Gasteiger partial charge in [0, 0.05) is 25.4 Å². The zero-order valence-corrected chi connectivity index (χ0v) is 15.3. The lowest BCUT2D eigenvalue weighted by Gasteiger charge is -2.19. The maximum absolute atomic E-state index is 12.3. The van der Waals surface area contributed by atoms with E-state index >= 15 is 0 Å². The Hall–Kier alpha value is -3.82. The van der Waals surface area contributed by atoms with Crippen LogP contribution in [0.4, 0.5) is 30.4 Å². The number of carbonyl (C=O) groups excluding carboxylic acids is 1. The minimum Gasteiger partial charge on any atom is -0.439 e. The highest BCUT2D eigenvalue weighted by Crippen LogP contribution is 2.30. The van der Waals surface area contributed by atoms with Crippen molar-refractivity contribution in [3.05, 3.63) is 60.9 Å². The molecule has 0 amide bonds. The number of pyridine rings is 2. The molecule has 2 heterocycles. The van der Waals surface area contributed by atoms with Crippen LogP contribution in [0.3, 0.4) is 0 Å². The molecule has 7 nitrogen and oxygen atoms in total. The van der Waals surface area contributed by atoms with Gasteiger partial charge in [0.2, 0.25) is 5.88 Å². The van der Waals surface area contributed by atoms with Gasteiger partial charge in [-0.15, -0.1) is 13.2 Å². The van der Waals surface area contributed by atoms with E-state index in [0.29, 0.717) is 17.2 Å². The lowest BCUT2D eigenvalue weighted by molar-refractivity contribution is -0.274. The van der Waals surface area contributed by atoms with E-state index in [1.54, 1.807) is 48.6 Å². The van der Waals surface area contributed by atoms with E-state index in [0.717, 1.165) is 6.07 Å². The summed E-state index contributed by atoms with van der Waals surface area (Å²) in [7, 11) is 1.79. The van der Waals surface area contributed by atoms with Gasteiger partial charge < -0.3 is 24.9 Å². The summed E-state index contributed by atoms with van der Waals surface area (Å²) in [6.45, 7) is 2.00. The fourth-order valence-electron chi connectivity index (χ4n) is 2.30. The van der Waals surface area contributed by atoms with Gasteiger partial charge in [-0.3, -0.25) is 0 Å². The topological polar surface area (TPSA) is 90.6 Å². The van der Waals surface area contributed by atoms with Crippen LogP contribution in [0, 0.1) is 0 Å². The second-order valence-electron chi connectivity index (χ2n) is 5.45. The SMILES string of the molecule is C=O.CN(c1ccc(Oc2cccc(OC(F)(F)F)c2)nc1)c1ncccc1N. The van der Waals surface area contributed by atoms with E-state index in [1.165, 1.54) is 18.2 Å². The third kappa shape index (κ3) is 6.09. The number of nitrogens with zero attached hydrogens (tertiary/aromatic N) is 3. The molecule has 0 aliphatic heterocycles. The number of alkyl halides is 3. The van der Waals surface area contributed by atoms with Crippen LogP contribution in [-0.4, -0.2) is 30.2 Å². The van der Waals surface area contributed by atoms with Gasteiger partial charge in [0.1, 0.15) is 18.3 Å². The van der Waals surface area contributed by atoms with Gasteiger partial charge >= 0.3 is 6.36 Å². The molecule has 0 fully saturated rings. The monoisotopic (exact) mass is 406 g/mol. The first kappa shape index (κ1) is 21.5. The highest BCUT2D eigenvalue weighted by Gasteiger charge is 2.31. The summed E-state index contributed by atoms with van der Waals surface area (Å²) in [5, 5.41) is 0. The Bertz CT molecular complexity index is 936. The predicted octanol–water partition coefficient (Wildman–Crippen LogP) is 4.33. The molecule has 3 rings (SSSR count). The van der Waals surface area contributed by atoms with Gasteiger partial charge in [0.25, 0.3) is 0 Å². The molecule has 0 radical (unpaired) electrons. The zero-order valence-electron chi connectivity index (χ0n) is 15.3. The Labute approximate surface area is 164 Å². The van der Waals surface area contributed by atoms with E-state index in [2.05, 4.69) is 14.7 Å². The lowest BCUT2D eigenvalue weighted by atomic mass is 10.3. The number of anilines is 3. The second kappa shape index (κ2) is 9.40. The molecule has 2 N–H and O–H groups in total. The first-order valence-corrected chi connectivity index (χ1v) is 8.04. The molecule has 0 aliphatic carbocycles. The van der Waals surface area contributed by atoms with Crippen molar-refractivity contribution in [3.63, 3.8) is 0 Å². The van der Waals surface area contributed by atoms with Crippen LogP contribution in [0.1, 0.15) is 0 Å². The third-order valence-corrected chi connectivity index (χ3v) is 3.50. The normalized spacial score (nSPS) is 10.5. The van der Waals surface area contributed by atoms with E-state index < -0.39 is 6.36 Å². The molecule has 1 aromatic carbocycles. The molecule has 152 valence electrons. The first-order valence-electron chi connectivity index (χ1n) is 8.04. The summed E-state index contributed by atoms with van der Waals surface area (Å²) in [5.41, 5.74) is 7.13. The van der Waals surface area contributed by atoms with E-state index in [-0.39, 0.29) is 17.4 Å². The highest BCUT2D eigenvalue weighted by molar-refractivity contribution is 5.69. The standard InChI is InChI=1S/C18H15F3N4O2.CH2O/c1-25(17-15(22)6-3-9-23-17)12-7-8-16(24-11-12)26-13-4-2-5-14(10-13)27-18(19,20)21;1-2/h2-11H,22H2,1H3;1H2. The molecule has 10 heteroatoms. The molecule has 0 saturated heterocycles. The Kier molecular flexibility index (Phi) is 6.96. The number of nitrogens with two attached hydrogens (primary N) is 1. The van der Waals surface area contributed by atoms with E-state index in [1.807, 2.05) is 6.79 Å². The zero-order chi connectivity index (χ0) is 21.4. The minimum atomic E-state index is -4.77. The number of hydrogen-bond donors (Lipinski definition) is 1. The first-order chi connectivity index (χ1) is 13.8. The van der Waals surface area contributed by atoms with Gasteiger partial charge in [-0.25, -0.2) is 9.97 Å². The molecule has 0 saturated carbocycles. The average Bonchev–Trinajstić information content (AvgIpc) is 2.69. The van der Waals surface area contributed by atoms with Gasteiger partial charge in [-0.1, -0.05) is 6.07 Å². The summed E-state index contributed by atoms with van der Waals surface area (Å²) in [6.07, 6.45) is -1.60. The van der Waals surface area contributed by atoms with Crippen LogP contribution in [0.25, 0.3) is 0 Å². The predicted molar refractivity (Wildman–Crippen MR) is 101 cm³/mol. The van der Waals surface area contributed by atoms with Crippen LogP contribution in [0.15, 0.2) is 60.9 Å². The maximum Gasteiger partial charge on any atom is 0.573 e. The Balaban J connectivity index is 0.00000145. The number of benzene rings is 1. The molecule has 0 spiro atoms.